The largest absolute Gasteiger partial charge is 0.355 e. The Balaban J connectivity index is 2.05. The number of nitrogens with one attached hydrogen (secondary N) is 2. The van der Waals surface area contributed by atoms with Crippen molar-refractivity contribution in [2.45, 2.75) is 65.7 Å². The van der Waals surface area contributed by atoms with Crippen molar-refractivity contribution in [1.82, 2.24) is 5.32 Å². The van der Waals surface area contributed by atoms with E-state index in [-0.39, 0.29) is 11.8 Å². The van der Waals surface area contributed by atoms with Gasteiger partial charge in [-0.15, -0.1) is 0 Å². The molecular formula is C20H30N2O2. The Morgan fingerprint density at radius 3 is 2.12 bits per heavy atom. The number of carbonyl (C=O) groups excluding carboxylic acids is 2. The topological polar surface area (TPSA) is 58.2 Å². The Bertz CT molecular complexity index is 569. The third-order valence-electron chi connectivity index (χ3n) is 4.92. The number of benzene rings is 1. The van der Waals surface area contributed by atoms with Gasteiger partial charge in [0.1, 0.15) is 5.41 Å². The monoisotopic (exact) mass is 330 g/mol. The highest BCUT2D eigenvalue weighted by molar-refractivity contribution is 6.13. The molecule has 0 aromatic heterocycles. The fourth-order valence-corrected chi connectivity index (χ4v) is 3.06. The summed E-state index contributed by atoms with van der Waals surface area (Å²) >= 11 is 0. The second-order valence-corrected chi connectivity index (χ2v) is 6.66. The third kappa shape index (κ3) is 3.97. The highest BCUT2D eigenvalue weighted by Gasteiger charge is 2.56. The Morgan fingerprint density at radius 2 is 1.62 bits per heavy atom. The van der Waals surface area contributed by atoms with E-state index in [4.69, 9.17) is 0 Å². The molecule has 0 atom stereocenters. The summed E-state index contributed by atoms with van der Waals surface area (Å²) in [6.07, 6.45) is 6.21. The van der Waals surface area contributed by atoms with Crippen molar-refractivity contribution in [1.29, 1.82) is 0 Å². The van der Waals surface area contributed by atoms with Gasteiger partial charge in [0.15, 0.2) is 0 Å². The molecule has 0 radical (unpaired) electrons. The Labute approximate surface area is 145 Å². The molecule has 4 heteroatoms. The van der Waals surface area contributed by atoms with E-state index in [1.165, 1.54) is 0 Å². The summed E-state index contributed by atoms with van der Waals surface area (Å²) in [7, 11) is 0. The van der Waals surface area contributed by atoms with Gasteiger partial charge in [-0.2, -0.15) is 0 Å². The number of carbonyl (C=O) groups is 2. The number of amides is 2. The van der Waals surface area contributed by atoms with Gasteiger partial charge >= 0.3 is 0 Å². The minimum atomic E-state index is -0.849. The van der Waals surface area contributed by atoms with Crippen LogP contribution in [0, 0.1) is 5.41 Å². The molecule has 1 aliphatic carbocycles. The van der Waals surface area contributed by atoms with Gasteiger partial charge in [0.2, 0.25) is 11.8 Å². The first kappa shape index (κ1) is 18.5. The Morgan fingerprint density at radius 1 is 1.00 bits per heavy atom. The van der Waals surface area contributed by atoms with Crippen LogP contribution in [0.2, 0.25) is 0 Å². The van der Waals surface area contributed by atoms with Gasteiger partial charge in [-0.05, 0) is 43.2 Å². The van der Waals surface area contributed by atoms with Gasteiger partial charge in [-0.3, -0.25) is 9.59 Å². The lowest BCUT2D eigenvalue weighted by molar-refractivity contribution is -0.134. The van der Waals surface area contributed by atoms with E-state index in [2.05, 4.69) is 31.4 Å². The van der Waals surface area contributed by atoms with Crippen LogP contribution in [-0.2, 0) is 22.4 Å². The fourth-order valence-electron chi connectivity index (χ4n) is 3.06. The second-order valence-electron chi connectivity index (χ2n) is 6.66. The minimum absolute atomic E-state index is 0.108. The first-order valence-corrected chi connectivity index (χ1v) is 9.29. The number of hydrogen-bond acceptors (Lipinski definition) is 2. The molecule has 0 aliphatic heterocycles. The van der Waals surface area contributed by atoms with Crippen molar-refractivity contribution in [3.05, 3.63) is 29.3 Å². The van der Waals surface area contributed by atoms with E-state index in [0.717, 1.165) is 48.9 Å². The first-order chi connectivity index (χ1) is 11.6. The zero-order valence-corrected chi connectivity index (χ0v) is 15.2. The molecule has 2 N–H and O–H groups in total. The summed E-state index contributed by atoms with van der Waals surface area (Å²) in [4.78, 5) is 25.3. The molecule has 0 heterocycles. The predicted molar refractivity (Wildman–Crippen MR) is 98.0 cm³/mol. The van der Waals surface area contributed by atoms with E-state index in [0.29, 0.717) is 19.4 Å². The lowest BCUT2D eigenvalue weighted by Gasteiger charge is -2.19. The summed E-state index contributed by atoms with van der Waals surface area (Å²) in [6.45, 7) is 6.96. The first-order valence-electron chi connectivity index (χ1n) is 9.29. The molecule has 1 aromatic carbocycles. The molecule has 4 nitrogen and oxygen atoms in total. The van der Waals surface area contributed by atoms with Gasteiger partial charge in [0, 0.05) is 12.2 Å². The maximum absolute atomic E-state index is 12.8. The van der Waals surface area contributed by atoms with Gasteiger partial charge in [0.05, 0.1) is 0 Å². The van der Waals surface area contributed by atoms with Crippen LogP contribution in [-0.4, -0.2) is 18.4 Å². The molecule has 0 spiro atoms. The molecule has 24 heavy (non-hydrogen) atoms. The standard InChI is InChI=1S/C20H30N2O2/c1-4-7-8-14-21-18(23)20(12-13-20)19(24)22-17-15(5-2)10-9-11-16(17)6-3/h9-11H,4-8,12-14H2,1-3H3,(H,21,23)(H,22,24). The maximum Gasteiger partial charge on any atom is 0.240 e. The molecule has 2 rings (SSSR count). The normalized spacial score (nSPS) is 15.0. The van der Waals surface area contributed by atoms with Crippen LogP contribution in [0.5, 0.6) is 0 Å². The molecule has 1 aromatic rings. The van der Waals surface area contributed by atoms with Gasteiger partial charge in [0.25, 0.3) is 0 Å². The van der Waals surface area contributed by atoms with E-state index in [1.807, 2.05) is 18.2 Å². The highest BCUT2D eigenvalue weighted by atomic mass is 16.2. The Kier molecular flexibility index (Phi) is 6.41. The minimum Gasteiger partial charge on any atom is -0.355 e. The fraction of sp³-hybridized carbons (Fsp3) is 0.600. The number of hydrogen-bond donors (Lipinski definition) is 2. The van der Waals surface area contributed by atoms with E-state index < -0.39 is 5.41 Å². The van der Waals surface area contributed by atoms with Gasteiger partial charge < -0.3 is 10.6 Å². The molecular weight excluding hydrogens is 300 g/mol. The molecule has 0 bridgehead atoms. The highest BCUT2D eigenvalue weighted by Crippen LogP contribution is 2.47. The summed E-state index contributed by atoms with van der Waals surface area (Å²) < 4.78 is 0. The van der Waals surface area contributed by atoms with Crippen molar-refractivity contribution in [2.75, 3.05) is 11.9 Å². The number of rotatable bonds is 9. The Hall–Kier alpha value is -1.84. The summed E-state index contributed by atoms with van der Waals surface area (Å²) in [5, 5.41) is 6.01. The SMILES string of the molecule is CCCCCNC(=O)C1(C(=O)Nc2c(CC)cccc2CC)CC1. The van der Waals surface area contributed by atoms with Crippen molar-refractivity contribution in [3.63, 3.8) is 0 Å². The van der Waals surface area contributed by atoms with Crippen LogP contribution < -0.4 is 10.6 Å². The smallest absolute Gasteiger partial charge is 0.240 e. The van der Waals surface area contributed by atoms with E-state index in [9.17, 15) is 9.59 Å². The summed E-state index contributed by atoms with van der Waals surface area (Å²) in [5.74, 6) is -0.255. The van der Waals surface area contributed by atoms with Crippen LogP contribution in [0.15, 0.2) is 18.2 Å². The zero-order valence-electron chi connectivity index (χ0n) is 15.2. The molecule has 132 valence electrons. The van der Waals surface area contributed by atoms with Crippen LogP contribution in [0.4, 0.5) is 5.69 Å². The van der Waals surface area contributed by atoms with Crippen LogP contribution in [0.1, 0.15) is 64.0 Å². The predicted octanol–water partition coefficient (Wildman–Crippen LogP) is 3.84. The average Bonchev–Trinajstić information content (AvgIpc) is 3.40. The second kappa shape index (κ2) is 8.32. The van der Waals surface area contributed by atoms with Crippen molar-refractivity contribution in [3.8, 4) is 0 Å². The quantitative estimate of drug-likeness (QED) is 0.534. The molecule has 1 saturated carbocycles. The summed E-state index contributed by atoms with van der Waals surface area (Å²) in [6, 6.07) is 6.11. The molecule has 1 fully saturated rings. The molecule has 2 amide bonds. The van der Waals surface area contributed by atoms with Crippen LogP contribution in [0.3, 0.4) is 0 Å². The van der Waals surface area contributed by atoms with Crippen LogP contribution in [0.25, 0.3) is 0 Å². The average molecular weight is 330 g/mol. The molecule has 0 unspecified atom stereocenters. The van der Waals surface area contributed by atoms with E-state index >= 15 is 0 Å². The van der Waals surface area contributed by atoms with Crippen molar-refractivity contribution >= 4 is 17.5 Å². The van der Waals surface area contributed by atoms with Crippen LogP contribution >= 0.6 is 0 Å². The van der Waals surface area contributed by atoms with Crippen molar-refractivity contribution < 1.29 is 9.59 Å². The number of unbranched alkanes of at least 4 members (excludes halogenated alkanes) is 2. The number of aryl methyl sites for hydroxylation is 2. The lowest BCUT2D eigenvalue weighted by atomic mass is 10.0. The zero-order chi connectivity index (χ0) is 17.6. The lowest BCUT2D eigenvalue weighted by Crippen LogP contribution is -2.40. The van der Waals surface area contributed by atoms with Gasteiger partial charge in [-0.25, -0.2) is 0 Å². The molecule has 1 aliphatic rings. The van der Waals surface area contributed by atoms with Crippen molar-refractivity contribution in [2.24, 2.45) is 5.41 Å². The number of para-hydroxylation sites is 1. The maximum atomic E-state index is 12.8. The van der Waals surface area contributed by atoms with E-state index in [1.54, 1.807) is 0 Å². The number of anilines is 1. The van der Waals surface area contributed by atoms with Gasteiger partial charge in [-0.1, -0.05) is 51.8 Å². The third-order valence-corrected chi connectivity index (χ3v) is 4.92. The summed E-state index contributed by atoms with van der Waals surface area (Å²) in [5.41, 5.74) is 2.30. The molecule has 0 saturated heterocycles.